The largest absolute Gasteiger partial charge is 0.537 e. The molecule has 6 aromatic rings. The molecule has 0 saturated carbocycles. The molecule has 0 heterocycles. The average molecular weight is 725 g/mol. The van der Waals surface area contributed by atoms with Gasteiger partial charge in [0.1, 0.15) is 11.7 Å². The van der Waals surface area contributed by atoms with Crippen LogP contribution in [-0.4, -0.2) is 34.8 Å². The molecule has 0 unspecified atom stereocenters. The van der Waals surface area contributed by atoms with Crippen LogP contribution in [0.15, 0.2) is 206 Å². The maximum absolute atomic E-state index is 6.18. The summed E-state index contributed by atoms with van der Waals surface area (Å²) in [5.41, 5.74) is 10.1. The highest BCUT2D eigenvalue weighted by Gasteiger charge is 2.43. The summed E-state index contributed by atoms with van der Waals surface area (Å²) in [6.45, 7) is 7.59. The first kappa shape index (κ1) is 38.3. The van der Waals surface area contributed by atoms with Crippen LogP contribution in [0.2, 0.25) is 0 Å². The summed E-state index contributed by atoms with van der Waals surface area (Å²) in [7, 11) is -2.98. The van der Waals surface area contributed by atoms with Crippen molar-refractivity contribution in [1.29, 1.82) is 0 Å². The second-order valence-corrected chi connectivity index (χ2v) is 15.6. The zero-order valence-corrected chi connectivity index (χ0v) is 32.6. The van der Waals surface area contributed by atoms with Gasteiger partial charge in [0.05, 0.1) is 5.57 Å². The maximum atomic E-state index is 6.18. The molecule has 54 heavy (non-hydrogen) atoms. The normalized spacial score (nSPS) is 12.4. The lowest BCUT2D eigenvalue weighted by Crippen LogP contribution is -2.75. The van der Waals surface area contributed by atoms with E-state index in [0.29, 0.717) is 19.8 Å². The smallest absolute Gasteiger partial charge is 0.370 e. The van der Waals surface area contributed by atoms with Crippen LogP contribution >= 0.6 is 0 Å². The molecule has 0 spiro atoms. The van der Waals surface area contributed by atoms with Gasteiger partial charge in [0.25, 0.3) is 0 Å². The van der Waals surface area contributed by atoms with Gasteiger partial charge in [0.15, 0.2) is 0 Å². The molecule has 6 aromatic carbocycles. The predicted molar refractivity (Wildman–Crippen MR) is 232 cm³/mol. The summed E-state index contributed by atoms with van der Waals surface area (Å²) < 4.78 is 18.5. The third-order valence-electron chi connectivity index (χ3n) is 9.85. The fourth-order valence-corrected chi connectivity index (χ4v) is 10.1. The highest BCUT2D eigenvalue weighted by atomic mass is 28.4. The van der Waals surface area contributed by atoms with Crippen molar-refractivity contribution in [3.8, 4) is 0 Å². The second kappa shape index (κ2) is 19.1. The van der Waals surface area contributed by atoms with E-state index in [1.54, 1.807) is 0 Å². The average Bonchev–Trinajstić information content (AvgIpc) is 3.24. The van der Waals surface area contributed by atoms with Gasteiger partial charge in [0, 0.05) is 66.9 Å². The van der Waals surface area contributed by atoms with Crippen LogP contribution < -0.4 is 27.0 Å². The van der Waals surface area contributed by atoms with E-state index < -0.39 is 15.0 Å². The third-order valence-corrected chi connectivity index (χ3v) is 12.9. The van der Waals surface area contributed by atoms with Gasteiger partial charge in [0.2, 0.25) is 0 Å². The van der Waals surface area contributed by atoms with Crippen LogP contribution in [0.5, 0.6) is 0 Å². The van der Waals surface area contributed by atoms with Crippen molar-refractivity contribution in [2.45, 2.75) is 20.8 Å². The summed E-state index contributed by atoms with van der Waals surface area (Å²) >= 11 is 0. The first-order valence-corrected chi connectivity index (χ1v) is 20.8. The van der Waals surface area contributed by atoms with Crippen LogP contribution in [0.1, 0.15) is 31.9 Å². The van der Waals surface area contributed by atoms with Gasteiger partial charge in [-0.25, -0.2) is 0 Å². The van der Waals surface area contributed by atoms with E-state index in [4.69, 9.17) is 13.3 Å². The zero-order valence-electron chi connectivity index (χ0n) is 31.6. The van der Waals surface area contributed by atoms with Crippen LogP contribution in [0.25, 0.3) is 5.57 Å². The molecule has 0 fully saturated rings. The maximum Gasteiger partial charge on any atom is 0.537 e. The molecular formula is C49H49BO3Si. The minimum Gasteiger partial charge on any atom is -0.370 e. The van der Waals surface area contributed by atoms with Gasteiger partial charge in [-0.2, -0.15) is 21.9 Å². The molecule has 0 amide bonds. The lowest BCUT2D eigenvalue weighted by Gasteiger charge is -2.44. The van der Waals surface area contributed by atoms with Crippen molar-refractivity contribution >= 4 is 47.6 Å². The van der Waals surface area contributed by atoms with Gasteiger partial charge in [-0.05, 0) is 45.0 Å². The molecule has 0 bridgehead atoms. The summed E-state index contributed by atoms with van der Waals surface area (Å²) in [6.07, 6.45) is 9.14. The van der Waals surface area contributed by atoms with Crippen molar-refractivity contribution in [3.05, 3.63) is 223 Å². The number of benzene rings is 6. The van der Waals surface area contributed by atoms with Crippen LogP contribution in [-0.2, 0) is 13.3 Å². The Labute approximate surface area is 323 Å². The summed E-state index contributed by atoms with van der Waals surface area (Å²) in [4.78, 5) is 0. The summed E-state index contributed by atoms with van der Waals surface area (Å²) in [6, 6.07) is 62.3. The van der Waals surface area contributed by atoms with Gasteiger partial charge < -0.3 is 13.3 Å². The summed E-state index contributed by atoms with van der Waals surface area (Å²) in [5.74, 6) is 0. The SMILES string of the molecule is C1=C[CH+]C(=C(c2ccccc2)c2ccccc2)C=C1.CCO[Si](OCC)(OCC)c1ccc([B-](c2ccccc2)(c2ccccc2)c2ccccc2)cc1. The van der Waals surface area contributed by atoms with E-state index in [1.165, 1.54) is 44.1 Å². The van der Waals surface area contributed by atoms with E-state index in [2.05, 4.69) is 207 Å². The fraction of sp³-hybridized carbons (Fsp3) is 0.122. The molecule has 0 radical (unpaired) electrons. The van der Waals surface area contributed by atoms with E-state index >= 15 is 0 Å². The molecule has 0 N–H and O–H groups in total. The zero-order chi connectivity index (χ0) is 37.5. The Morgan fingerprint density at radius 2 is 0.833 bits per heavy atom. The van der Waals surface area contributed by atoms with Crippen molar-refractivity contribution in [1.82, 2.24) is 0 Å². The molecule has 0 saturated heterocycles. The van der Waals surface area contributed by atoms with Crippen LogP contribution in [0.4, 0.5) is 0 Å². The highest BCUT2D eigenvalue weighted by molar-refractivity contribution is 7.19. The van der Waals surface area contributed by atoms with Crippen molar-refractivity contribution < 1.29 is 13.3 Å². The minimum absolute atomic E-state index is 0.542. The first-order valence-electron chi connectivity index (χ1n) is 19.0. The Morgan fingerprint density at radius 3 is 1.19 bits per heavy atom. The lowest BCUT2D eigenvalue weighted by atomic mass is 9.13. The van der Waals surface area contributed by atoms with E-state index in [0.717, 1.165) is 5.19 Å². The molecule has 270 valence electrons. The molecule has 3 nitrogen and oxygen atoms in total. The Kier molecular flexibility index (Phi) is 13.5. The quantitative estimate of drug-likeness (QED) is 0.0890. The third kappa shape index (κ3) is 8.52. The molecule has 0 aromatic heterocycles. The number of hydrogen-bond donors (Lipinski definition) is 0. The van der Waals surface area contributed by atoms with Crippen molar-refractivity contribution in [2.75, 3.05) is 19.8 Å². The highest BCUT2D eigenvalue weighted by Crippen LogP contribution is 2.30. The van der Waals surface area contributed by atoms with Crippen molar-refractivity contribution in [3.63, 3.8) is 0 Å². The molecule has 5 heteroatoms. The second-order valence-electron chi connectivity index (χ2n) is 13.0. The van der Waals surface area contributed by atoms with Gasteiger partial charge in [-0.1, -0.05) is 152 Å². The fourth-order valence-electron chi connectivity index (χ4n) is 7.62. The molecule has 1 aliphatic carbocycles. The number of hydrogen-bond acceptors (Lipinski definition) is 3. The van der Waals surface area contributed by atoms with Crippen LogP contribution in [0.3, 0.4) is 0 Å². The topological polar surface area (TPSA) is 27.7 Å². The monoisotopic (exact) mass is 724 g/mol. The Hall–Kier alpha value is -5.43. The Bertz CT molecular complexity index is 1940. The van der Waals surface area contributed by atoms with Gasteiger partial charge in [-0.15, -0.1) is 0 Å². The summed E-state index contributed by atoms with van der Waals surface area (Å²) in [5, 5.41) is 0.991. The molecule has 0 aliphatic heterocycles. The molecule has 7 rings (SSSR count). The Balaban J connectivity index is 0.000000219. The molecule has 1 aliphatic rings. The number of rotatable bonds is 13. The Morgan fingerprint density at radius 1 is 0.463 bits per heavy atom. The molecular weight excluding hydrogens is 675 g/mol. The van der Waals surface area contributed by atoms with Gasteiger partial charge >= 0.3 is 8.80 Å². The first-order chi connectivity index (χ1) is 26.7. The standard InChI is InChI=1S/C30H34BO3Si.C19H15/c1-4-32-35(33-5-2,34-6-3)30-24-22-29(23-25-30)31(26-16-10-7-11-17-26,27-18-12-8-13-19-27)28-20-14-9-15-21-28;1-4-10-16(11-5-1)19(17-12-6-2-7-13-17)18-14-8-3-9-15-18/h7-25H,4-6H2,1-3H3;1-15H/q-1;+1. The molecule has 0 atom stereocenters. The van der Waals surface area contributed by atoms with Crippen molar-refractivity contribution in [2.24, 2.45) is 0 Å². The van der Waals surface area contributed by atoms with E-state index in [-0.39, 0.29) is 0 Å². The van der Waals surface area contributed by atoms with E-state index in [1.807, 2.05) is 20.8 Å². The van der Waals surface area contributed by atoms with Gasteiger partial charge in [-0.3, -0.25) is 0 Å². The number of allylic oxidation sites excluding steroid dienone is 5. The predicted octanol–water partition coefficient (Wildman–Crippen LogP) is 8.14. The minimum atomic E-state index is -2.98. The van der Waals surface area contributed by atoms with Crippen LogP contribution in [0, 0.1) is 6.42 Å². The van der Waals surface area contributed by atoms with E-state index in [9.17, 15) is 0 Å². The lowest BCUT2D eigenvalue weighted by molar-refractivity contribution is 0.0859.